The summed E-state index contributed by atoms with van der Waals surface area (Å²) in [6.45, 7) is 3.93. The van der Waals surface area contributed by atoms with Gasteiger partial charge in [0.05, 0.1) is 6.10 Å². The summed E-state index contributed by atoms with van der Waals surface area (Å²) in [4.78, 5) is 2.03. The third-order valence-electron chi connectivity index (χ3n) is 3.33. The summed E-state index contributed by atoms with van der Waals surface area (Å²) >= 11 is 0. The van der Waals surface area contributed by atoms with Crippen molar-refractivity contribution in [2.75, 3.05) is 13.1 Å². The van der Waals surface area contributed by atoms with E-state index in [0.717, 1.165) is 19.0 Å². The predicted octanol–water partition coefficient (Wildman–Crippen LogP) is 2.17. The first-order valence-electron chi connectivity index (χ1n) is 5.90. The monoisotopic (exact) mass is 241 g/mol. The van der Waals surface area contributed by atoms with E-state index < -0.39 is 11.6 Å². The largest absolute Gasteiger partial charge is 0.392 e. The van der Waals surface area contributed by atoms with Crippen LogP contribution in [0.25, 0.3) is 0 Å². The highest BCUT2D eigenvalue weighted by molar-refractivity contribution is 5.17. The van der Waals surface area contributed by atoms with Crippen molar-refractivity contribution in [1.29, 1.82) is 0 Å². The van der Waals surface area contributed by atoms with Gasteiger partial charge in [0, 0.05) is 19.2 Å². The SMILES string of the molecule is C[C@H]1CCN(Cc2cc(F)cc(F)c2)C[C@H]1O. The number of aliphatic hydroxyl groups excluding tert-OH is 1. The summed E-state index contributed by atoms with van der Waals surface area (Å²) in [6, 6.07) is 3.55. The molecule has 0 bridgehead atoms. The molecule has 2 nitrogen and oxygen atoms in total. The van der Waals surface area contributed by atoms with E-state index in [-0.39, 0.29) is 6.10 Å². The minimum atomic E-state index is -0.550. The minimum Gasteiger partial charge on any atom is -0.392 e. The standard InChI is InChI=1S/C13H17F2NO/c1-9-2-3-16(8-13(9)17)7-10-4-11(14)6-12(15)5-10/h4-6,9,13,17H,2-3,7-8H2,1H3/t9-,13+/m0/s1. The van der Waals surface area contributed by atoms with Crippen LogP contribution in [0.2, 0.25) is 0 Å². The normalized spacial score (nSPS) is 26.1. The molecule has 0 amide bonds. The predicted molar refractivity (Wildman–Crippen MR) is 61.4 cm³/mol. The van der Waals surface area contributed by atoms with Crippen molar-refractivity contribution in [1.82, 2.24) is 4.90 Å². The lowest BCUT2D eigenvalue weighted by Gasteiger charge is -2.34. The molecule has 1 aromatic carbocycles. The second kappa shape index (κ2) is 5.10. The molecule has 0 unspecified atom stereocenters. The van der Waals surface area contributed by atoms with Crippen molar-refractivity contribution in [2.24, 2.45) is 5.92 Å². The Morgan fingerprint density at radius 2 is 1.94 bits per heavy atom. The molecule has 94 valence electrons. The Morgan fingerprint density at radius 3 is 2.53 bits per heavy atom. The number of likely N-dealkylation sites (tertiary alicyclic amines) is 1. The second-order valence-corrected chi connectivity index (χ2v) is 4.85. The van der Waals surface area contributed by atoms with E-state index in [4.69, 9.17) is 0 Å². The van der Waals surface area contributed by atoms with E-state index in [1.165, 1.54) is 12.1 Å². The van der Waals surface area contributed by atoms with Crippen LogP contribution in [-0.2, 0) is 6.54 Å². The summed E-state index contributed by atoms with van der Waals surface area (Å²) in [6.07, 6.45) is 0.570. The topological polar surface area (TPSA) is 23.5 Å². The van der Waals surface area contributed by atoms with Gasteiger partial charge in [-0.15, -0.1) is 0 Å². The molecule has 1 aromatic rings. The molecule has 0 aliphatic carbocycles. The molecule has 2 rings (SSSR count). The molecule has 2 atom stereocenters. The fraction of sp³-hybridized carbons (Fsp3) is 0.538. The average Bonchev–Trinajstić information content (AvgIpc) is 2.22. The molecule has 4 heteroatoms. The molecule has 0 spiro atoms. The number of nitrogens with zero attached hydrogens (tertiary/aromatic N) is 1. The molecular weight excluding hydrogens is 224 g/mol. The van der Waals surface area contributed by atoms with Crippen LogP contribution in [0.5, 0.6) is 0 Å². The zero-order valence-corrected chi connectivity index (χ0v) is 9.87. The summed E-state index contributed by atoms with van der Waals surface area (Å²) in [5.41, 5.74) is 0.615. The van der Waals surface area contributed by atoms with Crippen LogP contribution in [0, 0.1) is 17.6 Å². The summed E-state index contributed by atoms with van der Waals surface area (Å²) in [7, 11) is 0. The second-order valence-electron chi connectivity index (χ2n) is 4.85. The van der Waals surface area contributed by atoms with Crippen molar-refractivity contribution >= 4 is 0 Å². The van der Waals surface area contributed by atoms with Crippen molar-refractivity contribution in [3.05, 3.63) is 35.4 Å². The number of halogens is 2. The molecule has 1 saturated heterocycles. The van der Waals surface area contributed by atoms with Crippen LogP contribution in [0.4, 0.5) is 8.78 Å². The molecule has 0 saturated carbocycles. The molecular formula is C13H17F2NO. The first-order valence-corrected chi connectivity index (χ1v) is 5.90. The first-order chi connectivity index (χ1) is 8.04. The minimum absolute atomic E-state index is 0.301. The number of hydrogen-bond donors (Lipinski definition) is 1. The number of aliphatic hydroxyl groups is 1. The van der Waals surface area contributed by atoms with Crippen LogP contribution in [-0.4, -0.2) is 29.2 Å². The van der Waals surface area contributed by atoms with Crippen molar-refractivity contribution in [2.45, 2.75) is 26.0 Å². The van der Waals surface area contributed by atoms with Crippen LogP contribution in [0.3, 0.4) is 0 Å². The molecule has 17 heavy (non-hydrogen) atoms. The molecule has 1 fully saturated rings. The van der Waals surface area contributed by atoms with Gasteiger partial charge in [-0.3, -0.25) is 4.90 Å². The Morgan fingerprint density at radius 1 is 1.29 bits per heavy atom. The number of β-amino-alcohol motifs (C(OH)–C–C–N with tert-alkyl or cyclic N) is 1. The highest BCUT2D eigenvalue weighted by atomic mass is 19.1. The van der Waals surface area contributed by atoms with Crippen LogP contribution >= 0.6 is 0 Å². The Labute approximate surface area is 99.9 Å². The lowest BCUT2D eigenvalue weighted by Crippen LogP contribution is -2.42. The van der Waals surface area contributed by atoms with Gasteiger partial charge in [-0.1, -0.05) is 6.92 Å². The van der Waals surface area contributed by atoms with Gasteiger partial charge >= 0.3 is 0 Å². The molecule has 1 N–H and O–H groups in total. The quantitative estimate of drug-likeness (QED) is 0.857. The third kappa shape index (κ3) is 3.23. The van der Waals surface area contributed by atoms with Gasteiger partial charge in [-0.25, -0.2) is 8.78 Å². The van der Waals surface area contributed by atoms with E-state index in [9.17, 15) is 13.9 Å². The maximum Gasteiger partial charge on any atom is 0.126 e. The maximum atomic E-state index is 13.0. The zero-order chi connectivity index (χ0) is 12.4. The van der Waals surface area contributed by atoms with Crippen LogP contribution in [0.15, 0.2) is 18.2 Å². The van der Waals surface area contributed by atoms with Gasteiger partial charge in [0.1, 0.15) is 11.6 Å². The fourth-order valence-electron chi connectivity index (χ4n) is 2.22. The first kappa shape index (κ1) is 12.5. The van der Waals surface area contributed by atoms with Gasteiger partial charge in [-0.05, 0) is 36.6 Å². The smallest absolute Gasteiger partial charge is 0.126 e. The highest BCUT2D eigenvalue weighted by Crippen LogP contribution is 2.19. The molecule has 1 heterocycles. The maximum absolute atomic E-state index is 13.0. The lowest BCUT2D eigenvalue weighted by molar-refractivity contribution is 0.0258. The van der Waals surface area contributed by atoms with E-state index in [1.807, 2.05) is 11.8 Å². The fourth-order valence-corrected chi connectivity index (χ4v) is 2.22. The van der Waals surface area contributed by atoms with Gasteiger partial charge in [0.25, 0.3) is 0 Å². The van der Waals surface area contributed by atoms with Crippen LogP contribution < -0.4 is 0 Å². The summed E-state index contributed by atoms with van der Waals surface area (Å²) < 4.78 is 26.0. The van der Waals surface area contributed by atoms with Gasteiger partial charge in [-0.2, -0.15) is 0 Å². The Kier molecular flexibility index (Phi) is 3.74. The van der Waals surface area contributed by atoms with Gasteiger partial charge in [0.15, 0.2) is 0 Å². The van der Waals surface area contributed by atoms with E-state index in [2.05, 4.69) is 0 Å². The lowest BCUT2D eigenvalue weighted by atomic mass is 9.96. The number of benzene rings is 1. The zero-order valence-electron chi connectivity index (χ0n) is 9.87. The highest BCUT2D eigenvalue weighted by Gasteiger charge is 2.24. The Bertz CT molecular complexity index is 377. The van der Waals surface area contributed by atoms with E-state index >= 15 is 0 Å². The Hall–Kier alpha value is -1.00. The van der Waals surface area contributed by atoms with Crippen molar-refractivity contribution in [3.63, 3.8) is 0 Å². The number of rotatable bonds is 2. The number of hydrogen-bond acceptors (Lipinski definition) is 2. The van der Waals surface area contributed by atoms with E-state index in [1.54, 1.807) is 0 Å². The third-order valence-corrected chi connectivity index (χ3v) is 3.33. The summed E-state index contributed by atoms with van der Waals surface area (Å²) in [5.74, 6) is -0.799. The molecule has 0 aromatic heterocycles. The average molecular weight is 241 g/mol. The number of piperidine rings is 1. The van der Waals surface area contributed by atoms with Gasteiger partial charge < -0.3 is 5.11 Å². The molecule has 0 radical (unpaired) electrons. The molecule has 1 aliphatic heterocycles. The van der Waals surface area contributed by atoms with Crippen molar-refractivity contribution in [3.8, 4) is 0 Å². The summed E-state index contributed by atoms with van der Waals surface area (Å²) in [5, 5.41) is 9.75. The van der Waals surface area contributed by atoms with E-state index in [0.29, 0.717) is 24.6 Å². The van der Waals surface area contributed by atoms with Crippen LogP contribution in [0.1, 0.15) is 18.9 Å². The molecule has 1 aliphatic rings. The Balaban J connectivity index is 2.01. The van der Waals surface area contributed by atoms with Gasteiger partial charge in [0.2, 0.25) is 0 Å². The van der Waals surface area contributed by atoms with Crippen molar-refractivity contribution < 1.29 is 13.9 Å².